The molecule has 0 fully saturated rings. The normalized spacial score (nSPS) is 14.5. The molecule has 0 bridgehead atoms. The molecule has 0 saturated carbocycles. The molecule has 0 saturated heterocycles. The molecule has 13 heavy (non-hydrogen) atoms. The van der Waals surface area contributed by atoms with E-state index in [1.165, 1.54) is 0 Å². The standard InChI is InChI=1S/C9H10N2O2/c1-5(2)8-10-3-6-4-13-9(12)7(6)11-8/h3,5H,4H2,1-2H3. The van der Waals surface area contributed by atoms with Crippen LogP contribution in [0.5, 0.6) is 0 Å². The van der Waals surface area contributed by atoms with Gasteiger partial charge in [0.2, 0.25) is 0 Å². The van der Waals surface area contributed by atoms with Gasteiger partial charge in [-0.25, -0.2) is 14.8 Å². The highest BCUT2D eigenvalue weighted by Gasteiger charge is 2.24. The van der Waals surface area contributed by atoms with Crippen molar-refractivity contribution in [1.82, 2.24) is 9.97 Å². The van der Waals surface area contributed by atoms with Crippen LogP contribution in [0.2, 0.25) is 0 Å². The largest absolute Gasteiger partial charge is 0.456 e. The summed E-state index contributed by atoms with van der Waals surface area (Å²) in [4.78, 5) is 19.4. The summed E-state index contributed by atoms with van der Waals surface area (Å²) in [6, 6.07) is 0. The Bertz CT molecular complexity index is 361. The fourth-order valence-electron chi connectivity index (χ4n) is 1.19. The first kappa shape index (κ1) is 8.16. The number of aromatic nitrogens is 2. The van der Waals surface area contributed by atoms with Crippen molar-refractivity contribution in [3.8, 4) is 0 Å². The lowest BCUT2D eigenvalue weighted by Crippen LogP contribution is -2.04. The number of nitrogens with zero attached hydrogens (tertiary/aromatic N) is 2. The van der Waals surface area contributed by atoms with Gasteiger partial charge < -0.3 is 4.74 Å². The molecule has 4 nitrogen and oxygen atoms in total. The molecule has 0 radical (unpaired) electrons. The topological polar surface area (TPSA) is 52.1 Å². The van der Waals surface area contributed by atoms with Gasteiger partial charge in [0.25, 0.3) is 0 Å². The zero-order chi connectivity index (χ0) is 9.42. The van der Waals surface area contributed by atoms with E-state index in [9.17, 15) is 4.79 Å². The summed E-state index contributed by atoms with van der Waals surface area (Å²) in [6.45, 7) is 4.29. The van der Waals surface area contributed by atoms with Crippen molar-refractivity contribution in [2.75, 3.05) is 0 Å². The molecule has 0 amide bonds. The van der Waals surface area contributed by atoms with E-state index in [2.05, 4.69) is 9.97 Å². The van der Waals surface area contributed by atoms with E-state index in [1.807, 2.05) is 13.8 Å². The number of rotatable bonds is 1. The molecule has 0 aliphatic carbocycles. The first-order valence-electron chi connectivity index (χ1n) is 4.21. The van der Waals surface area contributed by atoms with Gasteiger partial charge in [0.05, 0.1) is 0 Å². The summed E-state index contributed by atoms with van der Waals surface area (Å²) in [5.74, 6) is 0.593. The number of hydrogen-bond acceptors (Lipinski definition) is 4. The highest BCUT2D eigenvalue weighted by atomic mass is 16.5. The van der Waals surface area contributed by atoms with E-state index in [4.69, 9.17) is 4.74 Å². The van der Waals surface area contributed by atoms with Crippen molar-refractivity contribution in [3.05, 3.63) is 23.3 Å². The number of hydrogen-bond donors (Lipinski definition) is 0. The second-order valence-electron chi connectivity index (χ2n) is 3.33. The van der Waals surface area contributed by atoms with Crippen LogP contribution in [0, 0.1) is 0 Å². The number of ether oxygens (including phenoxy) is 1. The van der Waals surface area contributed by atoms with Crippen LogP contribution in [0.15, 0.2) is 6.20 Å². The lowest BCUT2D eigenvalue weighted by molar-refractivity contribution is 0.0530. The van der Waals surface area contributed by atoms with Crippen LogP contribution in [0.4, 0.5) is 0 Å². The van der Waals surface area contributed by atoms with E-state index in [0.717, 1.165) is 5.56 Å². The first-order valence-corrected chi connectivity index (χ1v) is 4.21. The van der Waals surface area contributed by atoms with Crippen molar-refractivity contribution in [2.24, 2.45) is 0 Å². The summed E-state index contributed by atoms with van der Waals surface area (Å²) in [5.41, 5.74) is 1.22. The summed E-state index contributed by atoms with van der Waals surface area (Å²) in [5, 5.41) is 0. The second kappa shape index (κ2) is 2.80. The van der Waals surface area contributed by atoms with Crippen molar-refractivity contribution < 1.29 is 9.53 Å². The van der Waals surface area contributed by atoms with Crippen LogP contribution < -0.4 is 0 Å². The van der Waals surface area contributed by atoms with Crippen LogP contribution in [0.25, 0.3) is 0 Å². The molecule has 68 valence electrons. The van der Waals surface area contributed by atoms with E-state index in [-0.39, 0.29) is 11.9 Å². The molecule has 2 rings (SSSR count). The number of cyclic esters (lactones) is 1. The average Bonchev–Trinajstić information content (AvgIpc) is 2.47. The summed E-state index contributed by atoms with van der Waals surface area (Å²) < 4.78 is 4.82. The lowest BCUT2D eigenvalue weighted by Gasteiger charge is -2.02. The van der Waals surface area contributed by atoms with Gasteiger partial charge in [-0.1, -0.05) is 13.8 Å². The van der Waals surface area contributed by atoms with Crippen molar-refractivity contribution in [2.45, 2.75) is 26.4 Å². The Balaban J connectivity index is 2.48. The maximum atomic E-state index is 11.1. The molecular weight excluding hydrogens is 168 g/mol. The minimum absolute atomic E-state index is 0.235. The SMILES string of the molecule is CC(C)c1ncc2c(n1)C(=O)OC2. The third-order valence-electron chi connectivity index (χ3n) is 1.95. The monoisotopic (exact) mass is 178 g/mol. The molecule has 4 heteroatoms. The molecule has 0 N–H and O–H groups in total. The third-order valence-corrected chi connectivity index (χ3v) is 1.95. The van der Waals surface area contributed by atoms with Gasteiger partial charge in [0.1, 0.15) is 12.4 Å². The Morgan fingerprint density at radius 3 is 3.00 bits per heavy atom. The smallest absolute Gasteiger partial charge is 0.357 e. The number of carbonyl (C=O) groups excluding carboxylic acids is 1. The minimum Gasteiger partial charge on any atom is -0.456 e. The fourth-order valence-corrected chi connectivity index (χ4v) is 1.19. The quantitative estimate of drug-likeness (QED) is 0.607. The molecule has 0 aromatic carbocycles. The maximum absolute atomic E-state index is 11.1. The number of carbonyl (C=O) groups is 1. The Kier molecular flexibility index (Phi) is 1.76. The highest BCUT2D eigenvalue weighted by Crippen LogP contribution is 2.18. The molecule has 0 atom stereocenters. The van der Waals surface area contributed by atoms with Crippen molar-refractivity contribution >= 4 is 5.97 Å². The highest BCUT2D eigenvalue weighted by molar-refractivity contribution is 5.90. The van der Waals surface area contributed by atoms with E-state index < -0.39 is 0 Å². The fraction of sp³-hybridized carbons (Fsp3) is 0.444. The van der Waals surface area contributed by atoms with E-state index in [0.29, 0.717) is 18.1 Å². The summed E-state index contributed by atoms with van der Waals surface area (Å²) in [6.07, 6.45) is 1.67. The van der Waals surface area contributed by atoms with Crippen LogP contribution >= 0.6 is 0 Å². The number of esters is 1. The molecular formula is C9H10N2O2. The van der Waals surface area contributed by atoms with Gasteiger partial charge in [-0.2, -0.15) is 0 Å². The van der Waals surface area contributed by atoms with Crippen LogP contribution in [-0.4, -0.2) is 15.9 Å². The summed E-state index contributed by atoms with van der Waals surface area (Å²) >= 11 is 0. The van der Waals surface area contributed by atoms with Gasteiger partial charge in [0, 0.05) is 17.7 Å². The Hall–Kier alpha value is -1.45. The van der Waals surface area contributed by atoms with Gasteiger partial charge in [-0.15, -0.1) is 0 Å². The van der Waals surface area contributed by atoms with E-state index >= 15 is 0 Å². The zero-order valence-electron chi connectivity index (χ0n) is 7.57. The first-order chi connectivity index (χ1) is 6.18. The predicted molar refractivity (Wildman–Crippen MR) is 45.2 cm³/mol. The third kappa shape index (κ3) is 1.28. The van der Waals surface area contributed by atoms with Crippen molar-refractivity contribution in [1.29, 1.82) is 0 Å². The van der Waals surface area contributed by atoms with Crippen LogP contribution in [0.3, 0.4) is 0 Å². The molecule has 1 aliphatic heterocycles. The maximum Gasteiger partial charge on any atom is 0.357 e. The van der Waals surface area contributed by atoms with Crippen LogP contribution in [-0.2, 0) is 11.3 Å². The predicted octanol–water partition coefficient (Wildman–Crippen LogP) is 1.27. The molecule has 1 aromatic heterocycles. The van der Waals surface area contributed by atoms with Gasteiger partial charge >= 0.3 is 5.97 Å². The van der Waals surface area contributed by atoms with Gasteiger partial charge in [-0.3, -0.25) is 0 Å². The molecule has 0 spiro atoms. The van der Waals surface area contributed by atoms with Gasteiger partial charge in [0.15, 0.2) is 5.69 Å². The van der Waals surface area contributed by atoms with Crippen molar-refractivity contribution in [3.63, 3.8) is 0 Å². The molecule has 0 unspecified atom stereocenters. The van der Waals surface area contributed by atoms with E-state index in [1.54, 1.807) is 6.20 Å². The average molecular weight is 178 g/mol. The lowest BCUT2D eigenvalue weighted by atomic mass is 10.2. The summed E-state index contributed by atoms with van der Waals surface area (Å²) in [7, 11) is 0. The Morgan fingerprint density at radius 2 is 2.31 bits per heavy atom. The minimum atomic E-state index is -0.334. The Morgan fingerprint density at radius 1 is 1.54 bits per heavy atom. The van der Waals surface area contributed by atoms with Gasteiger partial charge in [-0.05, 0) is 0 Å². The molecule has 1 aromatic rings. The zero-order valence-corrected chi connectivity index (χ0v) is 7.57. The molecule has 1 aliphatic rings. The second-order valence-corrected chi connectivity index (χ2v) is 3.33. The Labute approximate surface area is 76.0 Å². The number of fused-ring (bicyclic) bond motifs is 1. The van der Waals surface area contributed by atoms with Crippen LogP contribution in [0.1, 0.15) is 41.6 Å². The molecule has 2 heterocycles.